The first kappa shape index (κ1) is 24.7. The second kappa shape index (κ2) is 11.8. The van der Waals surface area contributed by atoms with E-state index in [0.717, 1.165) is 35.6 Å². The lowest BCUT2D eigenvalue weighted by atomic mass is 9.96. The topological polar surface area (TPSA) is 78.9 Å². The number of nitrogens with zero attached hydrogens (tertiary/aromatic N) is 1. The Kier molecular flexibility index (Phi) is 8.53. The molecule has 4 nitrogen and oxygen atoms in total. The van der Waals surface area contributed by atoms with Gasteiger partial charge in [-0.3, -0.25) is 4.79 Å². The number of hydrogen-bond donors (Lipinski definition) is 2. The van der Waals surface area contributed by atoms with E-state index in [0.29, 0.717) is 29.7 Å². The van der Waals surface area contributed by atoms with Crippen molar-refractivity contribution >= 4 is 5.91 Å². The van der Waals surface area contributed by atoms with Crippen molar-refractivity contribution in [2.45, 2.75) is 39.2 Å². The molecule has 0 saturated carbocycles. The van der Waals surface area contributed by atoms with E-state index in [4.69, 9.17) is 5.73 Å². The normalized spacial score (nSPS) is 11.5. The summed E-state index contributed by atoms with van der Waals surface area (Å²) < 4.78 is 27.5. The minimum atomic E-state index is -0.972. The standard InChI is InChI=1S/C28H27F2N3O/c1-2-3-11-26(32)24(28(34)33-18-22-8-6-10-25(29)27(22)30)16-19-12-14-20(15-13-19)23-9-5-4-7-21(23)17-31/h4-10,12-15H,2-3,11,16,18,32H2,1H3,(H,33,34)/b26-24-. The molecule has 0 bridgehead atoms. The number of unbranched alkanes of at least 4 members (excludes halogenated alkanes) is 1. The smallest absolute Gasteiger partial charge is 0.249 e. The minimum Gasteiger partial charge on any atom is -0.402 e. The quantitative estimate of drug-likeness (QED) is 0.399. The second-order valence-corrected chi connectivity index (χ2v) is 8.03. The third-order valence-electron chi connectivity index (χ3n) is 5.63. The van der Waals surface area contributed by atoms with Crippen molar-refractivity contribution in [2.75, 3.05) is 0 Å². The van der Waals surface area contributed by atoms with Crippen molar-refractivity contribution in [1.82, 2.24) is 5.32 Å². The first-order chi connectivity index (χ1) is 16.4. The van der Waals surface area contributed by atoms with E-state index in [1.54, 1.807) is 6.07 Å². The summed E-state index contributed by atoms with van der Waals surface area (Å²) in [6.45, 7) is 1.90. The summed E-state index contributed by atoms with van der Waals surface area (Å²) in [5, 5.41) is 12.0. The predicted molar refractivity (Wildman–Crippen MR) is 129 cm³/mol. The van der Waals surface area contributed by atoms with Crippen molar-refractivity contribution in [2.24, 2.45) is 5.73 Å². The molecule has 0 fully saturated rings. The number of benzene rings is 3. The number of nitrogens with one attached hydrogen (secondary N) is 1. The Balaban J connectivity index is 1.80. The summed E-state index contributed by atoms with van der Waals surface area (Å²) in [5.41, 5.74) is 10.4. The highest BCUT2D eigenvalue weighted by Crippen LogP contribution is 2.24. The Bertz CT molecular complexity index is 1230. The molecule has 0 aliphatic carbocycles. The molecule has 34 heavy (non-hydrogen) atoms. The summed E-state index contributed by atoms with van der Waals surface area (Å²) in [7, 11) is 0. The molecule has 0 aliphatic heterocycles. The van der Waals surface area contributed by atoms with Gasteiger partial charge in [0.05, 0.1) is 11.6 Å². The molecule has 0 radical (unpaired) electrons. The second-order valence-electron chi connectivity index (χ2n) is 8.03. The van der Waals surface area contributed by atoms with Crippen LogP contribution >= 0.6 is 0 Å². The van der Waals surface area contributed by atoms with Gasteiger partial charge in [-0.2, -0.15) is 5.26 Å². The van der Waals surface area contributed by atoms with Crippen LogP contribution in [0.25, 0.3) is 11.1 Å². The molecular formula is C28H27F2N3O. The molecule has 0 saturated heterocycles. The molecule has 0 aliphatic rings. The summed E-state index contributed by atoms with van der Waals surface area (Å²) in [6.07, 6.45) is 2.64. The van der Waals surface area contributed by atoms with E-state index in [2.05, 4.69) is 11.4 Å². The lowest BCUT2D eigenvalue weighted by Crippen LogP contribution is -2.28. The third-order valence-corrected chi connectivity index (χ3v) is 5.63. The van der Waals surface area contributed by atoms with Crippen LogP contribution in [0, 0.1) is 23.0 Å². The molecule has 1 amide bonds. The van der Waals surface area contributed by atoms with Crippen LogP contribution in [-0.2, 0) is 17.8 Å². The number of allylic oxidation sites excluding steroid dienone is 1. The molecule has 3 N–H and O–H groups in total. The van der Waals surface area contributed by atoms with Crippen molar-refractivity contribution in [3.8, 4) is 17.2 Å². The zero-order valence-electron chi connectivity index (χ0n) is 19.1. The van der Waals surface area contributed by atoms with E-state index in [-0.39, 0.29) is 12.1 Å². The zero-order valence-corrected chi connectivity index (χ0v) is 19.1. The Hall–Kier alpha value is -3.98. The fourth-order valence-electron chi connectivity index (χ4n) is 3.66. The van der Waals surface area contributed by atoms with Crippen LogP contribution in [0.3, 0.4) is 0 Å². The number of hydrogen-bond acceptors (Lipinski definition) is 3. The molecule has 3 aromatic carbocycles. The van der Waals surface area contributed by atoms with E-state index < -0.39 is 17.5 Å². The maximum absolute atomic E-state index is 14.0. The Morgan fingerprint density at radius 1 is 1.03 bits per heavy atom. The number of carbonyl (C=O) groups is 1. The van der Waals surface area contributed by atoms with Gasteiger partial charge >= 0.3 is 0 Å². The largest absolute Gasteiger partial charge is 0.402 e. The molecule has 0 spiro atoms. The zero-order chi connectivity index (χ0) is 24.5. The molecular weight excluding hydrogens is 432 g/mol. The summed E-state index contributed by atoms with van der Waals surface area (Å²) in [4.78, 5) is 13.0. The average molecular weight is 460 g/mol. The molecule has 6 heteroatoms. The molecule has 0 atom stereocenters. The van der Waals surface area contributed by atoms with Gasteiger partial charge in [-0.15, -0.1) is 0 Å². The fourth-order valence-corrected chi connectivity index (χ4v) is 3.66. The Morgan fingerprint density at radius 2 is 1.76 bits per heavy atom. The van der Waals surface area contributed by atoms with Crippen LogP contribution in [-0.4, -0.2) is 5.91 Å². The fraction of sp³-hybridized carbons (Fsp3) is 0.214. The number of rotatable bonds is 9. The average Bonchev–Trinajstić information content (AvgIpc) is 2.86. The van der Waals surface area contributed by atoms with Crippen LogP contribution in [0.1, 0.15) is 42.9 Å². The van der Waals surface area contributed by atoms with Crippen LogP contribution < -0.4 is 11.1 Å². The summed E-state index contributed by atoms with van der Waals surface area (Å²) >= 11 is 0. The first-order valence-electron chi connectivity index (χ1n) is 11.2. The number of carbonyl (C=O) groups excluding carboxylic acids is 1. The van der Waals surface area contributed by atoms with E-state index in [9.17, 15) is 18.8 Å². The van der Waals surface area contributed by atoms with Gasteiger partial charge in [-0.05, 0) is 41.7 Å². The molecule has 174 valence electrons. The van der Waals surface area contributed by atoms with E-state index in [1.807, 2.05) is 49.4 Å². The predicted octanol–water partition coefficient (Wildman–Crippen LogP) is 5.77. The molecule has 3 aromatic rings. The Labute approximate surface area is 198 Å². The maximum Gasteiger partial charge on any atom is 0.249 e. The molecule has 0 unspecified atom stereocenters. The van der Waals surface area contributed by atoms with Gasteiger partial charge in [0.15, 0.2) is 11.6 Å². The number of nitrogens with two attached hydrogens (primary N) is 1. The van der Waals surface area contributed by atoms with Gasteiger partial charge in [0, 0.05) is 29.8 Å². The van der Waals surface area contributed by atoms with E-state index >= 15 is 0 Å². The highest BCUT2D eigenvalue weighted by atomic mass is 19.2. The Morgan fingerprint density at radius 3 is 2.47 bits per heavy atom. The van der Waals surface area contributed by atoms with E-state index in [1.165, 1.54) is 12.1 Å². The summed E-state index contributed by atoms with van der Waals surface area (Å²) in [6, 6.07) is 21.0. The van der Waals surface area contributed by atoms with Gasteiger partial charge in [0.2, 0.25) is 5.91 Å². The lowest BCUT2D eigenvalue weighted by Gasteiger charge is -2.14. The van der Waals surface area contributed by atoms with Crippen molar-refractivity contribution in [1.29, 1.82) is 5.26 Å². The van der Waals surface area contributed by atoms with Crippen molar-refractivity contribution < 1.29 is 13.6 Å². The minimum absolute atomic E-state index is 0.0698. The van der Waals surface area contributed by atoms with Gasteiger partial charge in [-0.1, -0.05) is 67.9 Å². The van der Waals surface area contributed by atoms with Gasteiger partial charge in [-0.25, -0.2) is 8.78 Å². The number of amides is 1. The molecule has 0 aromatic heterocycles. The van der Waals surface area contributed by atoms with Crippen LogP contribution in [0.4, 0.5) is 8.78 Å². The monoisotopic (exact) mass is 459 g/mol. The molecule has 3 rings (SSSR count). The van der Waals surface area contributed by atoms with Crippen LogP contribution in [0.15, 0.2) is 78.0 Å². The van der Waals surface area contributed by atoms with Crippen LogP contribution in [0.5, 0.6) is 0 Å². The van der Waals surface area contributed by atoms with Crippen molar-refractivity contribution in [3.05, 3.63) is 106 Å². The lowest BCUT2D eigenvalue weighted by molar-refractivity contribution is -0.117. The summed E-state index contributed by atoms with van der Waals surface area (Å²) in [5.74, 6) is -2.33. The van der Waals surface area contributed by atoms with Gasteiger partial charge in [0.1, 0.15) is 0 Å². The maximum atomic E-state index is 14.0. The first-order valence-corrected chi connectivity index (χ1v) is 11.2. The SMILES string of the molecule is CCCC/C(N)=C(\Cc1ccc(-c2ccccc2C#N)cc1)C(=O)NCc1cccc(F)c1F. The van der Waals surface area contributed by atoms with Gasteiger partial charge < -0.3 is 11.1 Å². The number of halogens is 2. The third kappa shape index (κ3) is 6.08. The molecule has 0 heterocycles. The highest BCUT2D eigenvalue weighted by molar-refractivity contribution is 5.94. The number of nitriles is 1. The van der Waals surface area contributed by atoms with Gasteiger partial charge in [0.25, 0.3) is 0 Å². The highest BCUT2D eigenvalue weighted by Gasteiger charge is 2.16. The van der Waals surface area contributed by atoms with Crippen LogP contribution in [0.2, 0.25) is 0 Å². The van der Waals surface area contributed by atoms with Crippen molar-refractivity contribution in [3.63, 3.8) is 0 Å².